The summed E-state index contributed by atoms with van der Waals surface area (Å²) in [6.07, 6.45) is 10.2. The Morgan fingerprint density at radius 3 is 2.70 bits per heavy atom. The van der Waals surface area contributed by atoms with Gasteiger partial charge in [0.2, 0.25) is 0 Å². The van der Waals surface area contributed by atoms with E-state index in [-0.39, 0.29) is 0 Å². The summed E-state index contributed by atoms with van der Waals surface area (Å²) in [6, 6.07) is 0. The van der Waals surface area contributed by atoms with Crippen LogP contribution >= 0.6 is 0 Å². The van der Waals surface area contributed by atoms with E-state index in [0.717, 1.165) is 0 Å². The summed E-state index contributed by atoms with van der Waals surface area (Å²) in [6.45, 7) is 8.07. The third-order valence-electron chi connectivity index (χ3n) is 1.54. The van der Waals surface area contributed by atoms with Crippen LogP contribution in [0.2, 0.25) is 0 Å². The molecule has 0 aromatic carbocycles. The van der Waals surface area contributed by atoms with Crippen LogP contribution in [0.4, 0.5) is 0 Å². The van der Waals surface area contributed by atoms with Crippen LogP contribution in [0.5, 0.6) is 0 Å². The van der Waals surface area contributed by atoms with Crippen molar-refractivity contribution in [2.75, 3.05) is 0 Å². The number of hydrogen-bond donors (Lipinski definition) is 0. The lowest BCUT2D eigenvalue weighted by molar-refractivity contribution is 0.806. The van der Waals surface area contributed by atoms with Gasteiger partial charge in [-0.05, 0) is 12.3 Å². The summed E-state index contributed by atoms with van der Waals surface area (Å²) in [5.74, 6) is 0.539. The minimum Gasteiger partial charge on any atom is -0.102 e. The van der Waals surface area contributed by atoms with Crippen molar-refractivity contribution in [1.82, 2.24) is 0 Å². The zero-order chi connectivity index (χ0) is 7.82. The summed E-state index contributed by atoms with van der Waals surface area (Å²) in [5, 5.41) is 0. The van der Waals surface area contributed by atoms with Gasteiger partial charge in [-0.15, -0.1) is 6.58 Å². The average molecular weight is 138 g/mol. The molecule has 0 bridgehead atoms. The molecule has 0 aliphatic carbocycles. The topological polar surface area (TPSA) is 0 Å². The molecule has 0 fully saturated rings. The molecular weight excluding hydrogens is 120 g/mol. The fraction of sp³-hybridized carbons (Fsp3) is 0.600. The predicted octanol–water partition coefficient (Wildman–Crippen LogP) is 3.55. The minimum atomic E-state index is 0.539. The molecule has 58 valence electrons. The molecule has 0 aliphatic heterocycles. The van der Waals surface area contributed by atoms with Gasteiger partial charge in [-0.2, -0.15) is 0 Å². The molecule has 0 amide bonds. The molecule has 0 aromatic rings. The molecule has 0 radical (unpaired) electrons. The van der Waals surface area contributed by atoms with Gasteiger partial charge in [0.25, 0.3) is 0 Å². The molecule has 0 rings (SSSR count). The molecule has 0 saturated heterocycles. The van der Waals surface area contributed by atoms with Crippen molar-refractivity contribution in [3.05, 3.63) is 24.8 Å². The Labute approximate surface area is 64.6 Å². The van der Waals surface area contributed by atoms with E-state index >= 15 is 0 Å². The largest absolute Gasteiger partial charge is 0.102 e. The van der Waals surface area contributed by atoms with Gasteiger partial charge in [0.05, 0.1) is 0 Å². The van der Waals surface area contributed by atoms with Crippen LogP contribution in [0.15, 0.2) is 24.8 Å². The lowest BCUT2D eigenvalue weighted by Gasteiger charge is -1.94. The Kier molecular flexibility index (Phi) is 6.25. The lowest BCUT2D eigenvalue weighted by Crippen LogP contribution is -1.79. The zero-order valence-corrected chi connectivity index (χ0v) is 7.14. The van der Waals surface area contributed by atoms with Crippen molar-refractivity contribution >= 4 is 0 Å². The standard InChI is InChI=1S/C10H18/c1-4-6-7-8-9-10(3)5-2/h5,8-10H,2,4,6-7H2,1,3H3. The van der Waals surface area contributed by atoms with Gasteiger partial charge < -0.3 is 0 Å². The van der Waals surface area contributed by atoms with Crippen molar-refractivity contribution in [2.45, 2.75) is 33.1 Å². The van der Waals surface area contributed by atoms with Gasteiger partial charge >= 0.3 is 0 Å². The molecule has 0 spiro atoms. The van der Waals surface area contributed by atoms with Gasteiger partial charge in [0.15, 0.2) is 0 Å². The highest BCUT2D eigenvalue weighted by Crippen LogP contribution is 2.01. The third-order valence-corrected chi connectivity index (χ3v) is 1.54. The highest BCUT2D eigenvalue weighted by molar-refractivity contribution is 4.94. The Bertz CT molecular complexity index is 101. The van der Waals surface area contributed by atoms with Gasteiger partial charge in [-0.25, -0.2) is 0 Å². The fourth-order valence-corrected chi connectivity index (χ4v) is 0.711. The van der Waals surface area contributed by atoms with Crippen LogP contribution in [0.1, 0.15) is 33.1 Å². The third kappa shape index (κ3) is 5.61. The lowest BCUT2D eigenvalue weighted by atomic mass is 10.1. The maximum atomic E-state index is 3.71. The minimum absolute atomic E-state index is 0.539. The van der Waals surface area contributed by atoms with Crippen LogP contribution in [0.3, 0.4) is 0 Å². The molecule has 0 heteroatoms. The van der Waals surface area contributed by atoms with E-state index in [1.165, 1.54) is 19.3 Å². The zero-order valence-electron chi connectivity index (χ0n) is 7.14. The highest BCUT2D eigenvalue weighted by atomic mass is 13.9. The van der Waals surface area contributed by atoms with E-state index in [4.69, 9.17) is 0 Å². The van der Waals surface area contributed by atoms with E-state index < -0.39 is 0 Å². The molecule has 10 heavy (non-hydrogen) atoms. The van der Waals surface area contributed by atoms with E-state index in [1.807, 2.05) is 6.08 Å². The van der Waals surface area contributed by atoms with Crippen LogP contribution in [0.25, 0.3) is 0 Å². The van der Waals surface area contributed by atoms with Gasteiger partial charge in [-0.1, -0.05) is 44.9 Å². The first-order valence-electron chi connectivity index (χ1n) is 4.10. The number of hydrogen-bond acceptors (Lipinski definition) is 0. The normalized spacial score (nSPS) is 13.8. The van der Waals surface area contributed by atoms with E-state index in [1.54, 1.807) is 0 Å². The SMILES string of the molecule is C=CC(C)C=CCCCC. The van der Waals surface area contributed by atoms with Crippen molar-refractivity contribution < 1.29 is 0 Å². The predicted molar refractivity (Wildman–Crippen MR) is 48.0 cm³/mol. The van der Waals surface area contributed by atoms with Crippen molar-refractivity contribution in [3.63, 3.8) is 0 Å². The summed E-state index contributed by atoms with van der Waals surface area (Å²) >= 11 is 0. The molecule has 0 N–H and O–H groups in total. The van der Waals surface area contributed by atoms with Crippen LogP contribution < -0.4 is 0 Å². The summed E-state index contributed by atoms with van der Waals surface area (Å²) in [5.41, 5.74) is 0. The first kappa shape index (κ1) is 9.48. The smallest absolute Gasteiger partial charge is 0.00846 e. The Balaban J connectivity index is 3.26. The maximum Gasteiger partial charge on any atom is -0.00846 e. The van der Waals surface area contributed by atoms with Crippen LogP contribution in [0, 0.1) is 5.92 Å². The average Bonchev–Trinajstić information content (AvgIpc) is 1.98. The number of allylic oxidation sites excluding steroid dienone is 3. The molecule has 0 saturated carbocycles. The van der Waals surface area contributed by atoms with Gasteiger partial charge in [0, 0.05) is 0 Å². The maximum absolute atomic E-state index is 3.71. The molecule has 1 unspecified atom stereocenters. The van der Waals surface area contributed by atoms with Gasteiger partial charge in [0.1, 0.15) is 0 Å². The monoisotopic (exact) mass is 138 g/mol. The molecule has 0 nitrogen and oxygen atoms in total. The van der Waals surface area contributed by atoms with Crippen LogP contribution in [-0.4, -0.2) is 0 Å². The van der Waals surface area contributed by atoms with Crippen molar-refractivity contribution in [1.29, 1.82) is 0 Å². The summed E-state index contributed by atoms with van der Waals surface area (Å²) < 4.78 is 0. The van der Waals surface area contributed by atoms with Crippen molar-refractivity contribution in [2.24, 2.45) is 5.92 Å². The number of unbranched alkanes of at least 4 members (excludes halogenated alkanes) is 2. The summed E-state index contributed by atoms with van der Waals surface area (Å²) in [7, 11) is 0. The second-order valence-electron chi connectivity index (χ2n) is 2.67. The molecule has 0 aromatic heterocycles. The summed E-state index contributed by atoms with van der Waals surface area (Å²) in [4.78, 5) is 0. The Morgan fingerprint density at radius 2 is 2.20 bits per heavy atom. The first-order valence-corrected chi connectivity index (χ1v) is 4.10. The molecular formula is C10H18. The van der Waals surface area contributed by atoms with Gasteiger partial charge in [-0.3, -0.25) is 0 Å². The second-order valence-corrected chi connectivity index (χ2v) is 2.67. The van der Waals surface area contributed by atoms with E-state index in [9.17, 15) is 0 Å². The first-order chi connectivity index (χ1) is 4.81. The highest BCUT2D eigenvalue weighted by Gasteiger charge is 1.84. The molecule has 0 aliphatic rings. The fourth-order valence-electron chi connectivity index (χ4n) is 0.711. The second kappa shape index (κ2) is 6.60. The molecule has 0 heterocycles. The van der Waals surface area contributed by atoms with Crippen molar-refractivity contribution in [3.8, 4) is 0 Å². The number of rotatable bonds is 5. The molecule has 1 atom stereocenters. The van der Waals surface area contributed by atoms with Crippen LogP contribution in [-0.2, 0) is 0 Å². The quantitative estimate of drug-likeness (QED) is 0.402. The van der Waals surface area contributed by atoms with E-state index in [2.05, 4.69) is 32.6 Å². The Morgan fingerprint density at radius 1 is 1.50 bits per heavy atom. The Hall–Kier alpha value is -0.520. The van der Waals surface area contributed by atoms with E-state index in [0.29, 0.717) is 5.92 Å².